The Morgan fingerprint density at radius 3 is 2.63 bits per heavy atom. The molecule has 3 rings (SSSR count). The number of hydrogen-bond acceptors (Lipinski definition) is 5. The van der Waals surface area contributed by atoms with Gasteiger partial charge in [0.2, 0.25) is 0 Å². The van der Waals surface area contributed by atoms with Crippen molar-refractivity contribution < 1.29 is 9.47 Å². The zero-order chi connectivity index (χ0) is 21.2. The van der Waals surface area contributed by atoms with Gasteiger partial charge in [0.1, 0.15) is 5.75 Å². The van der Waals surface area contributed by atoms with Crippen molar-refractivity contribution >= 4 is 17.7 Å². The third-order valence-corrected chi connectivity index (χ3v) is 7.65. The van der Waals surface area contributed by atoms with Gasteiger partial charge in [0.05, 0.1) is 13.2 Å². The first-order chi connectivity index (χ1) is 14.7. The lowest BCUT2D eigenvalue weighted by molar-refractivity contribution is 0.0782. The monoisotopic (exact) mass is 434 g/mol. The number of aliphatic imine (C=N–C) groups is 1. The molecule has 0 radical (unpaired) electrons. The van der Waals surface area contributed by atoms with E-state index in [9.17, 15) is 0 Å². The number of para-hydroxylation sites is 1. The number of thioether (sulfide) groups is 1. The molecular weight excluding hydrogens is 396 g/mol. The van der Waals surface area contributed by atoms with Gasteiger partial charge in [-0.2, -0.15) is 11.8 Å². The largest absolute Gasteiger partial charge is 0.496 e. The van der Waals surface area contributed by atoms with Crippen molar-refractivity contribution in [3.8, 4) is 5.75 Å². The van der Waals surface area contributed by atoms with Crippen LogP contribution >= 0.6 is 11.8 Å². The highest BCUT2D eigenvalue weighted by molar-refractivity contribution is 8.00. The van der Waals surface area contributed by atoms with Crippen molar-refractivity contribution in [1.82, 2.24) is 15.5 Å². The fraction of sp³-hybridized carbons (Fsp3) is 0.696. The molecule has 0 spiro atoms. The van der Waals surface area contributed by atoms with E-state index < -0.39 is 0 Å². The third-order valence-electron chi connectivity index (χ3n) is 6.20. The van der Waals surface area contributed by atoms with Gasteiger partial charge < -0.3 is 20.1 Å². The Balaban J connectivity index is 1.64. The van der Waals surface area contributed by atoms with Crippen LogP contribution in [0.25, 0.3) is 0 Å². The van der Waals surface area contributed by atoms with Gasteiger partial charge in [0, 0.05) is 43.7 Å². The molecule has 2 aliphatic heterocycles. The lowest BCUT2D eigenvalue weighted by Gasteiger charge is -2.37. The molecule has 0 amide bonds. The standard InChI is InChI=1S/C23H38N4O2S/c1-4-30-23(11-15-29-16-12-23)18-26-22(24-2)25-17-20(27-13-7-8-14-27)19-9-5-6-10-21(19)28-3/h5-6,9-10,20H,4,7-8,11-18H2,1-3H3,(H2,24,25,26). The normalized spacial score (nSPS) is 20.7. The van der Waals surface area contributed by atoms with Crippen LogP contribution in [0.15, 0.2) is 29.3 Å². The molecule has 2 N–H and O–H groups in total. The number of rotatable bonds is 9. The molecule has 0 saturated carbocycles. The summed E-state index contributed by atoms with van der Waals surface area (Å²) in [4.78, 5) is 7.06. The number of benzene rings is 1. The Morgan fingerprint density at radius 1 is 1.23 bits per heavy atom. The third kappa shape index (κ3) is 6.05. The van der Waals surface area contributed by atoms with Crippen molar-refractivity contribution in [1.29, 1.82) is 0 Å². The van der Waals surface area contributed by atoms with Gasteiger partial charge >= 0.3 is 0 Å². The number of ether oxygens (including phenoxy) is 2. The molecule has 2 fully saturated rings. The van der Waals surface area contributed by atoms with E-state index in [2.05, 4.69) is 45.6 Å². The van der Waals surface area contributed by atoms with Crippen molar-refractivity contribution in [3.05, 3.63) is 29.8 Å². The van der Waals surface area contributed by atoms with Crippen LogP contribution in [0.5, 0.6) is 5.75 Å². The molecule has 0 aromatic heterocycles. The van der Waals surface area contributed by atoms with E-state index in [1.807, 2.05) is 24.9 Å². The first-order valence-corrected chi connectivity index (χ1v) is 12.2. The van der Waals surface area contributed by atoms with E-state index in [1.165, 1.54) is 18.4 Å². The summed E-state index contributed by atoms with van der Waals surface area (Å²) in [7, 11) is 3.61. The maximum Gasteiger partial charge on any atom is 0.191 e. The lowest BCUT2D eigenvalue weighted by atomic mass is 9.99. The van der Waals surface area contributed by atoms with E-state index in [4.69, 9.17) is 9.47 Å². The molecule has 2 heterocycles. The van der Waals surface area contributed by atoms with Gasteiger partial charge in [-0.25, -0.2) is 0 Å². The molecular formula is C23H38N4O2S. The Hall–Kier alpha value is -1.44. The molecule has 6 nitrogen and oxygen atoms in total. The molecule has 168 valence electrons. The molecule has 1 unspecified atom stereocenters. The number of nitrogens with zero attached hydrogens (tertiary/aromatic N) is 2. The average molecular weight is 435 g/mol. The number of likely N-dealkylation sites (tertiary alicyclic amines) is 1. The second-order valence-corrected chi connectivity index (χ2v) is 9.77. The van der Waals surface area contributed by atoms with E-state index >= 15 is 0 Å². The van der Waals surface area contributed by atoms with Crippen LogP contribution < -0.4 is 15.4 Å². The molecule has 0 aliphatic carbocycles. The summed E-state index contributed by atoms with van der Waals surface area (Å²) >= 11 is 2.05. The highest BCUT2D eigenvalue weighted by atomic mass is 32.2. The van der Waals surface area contributed by atoms with Gasteiger partial charge in [-0.1, -0.05) is 25.1 Å². The summed E-state index contributed by atoms with van der Waals surface area (Å²) < 4.78 is 11.5. The quantitative estimate of drug-likeness (QED) is 0.459. The summed E-state index contributed by atoms with van der Waals surface area (Å²) in [6.07, 6.45) is 4.70. The molecule has 1 aromatic carbocycles. The highest BCUT2D eigenvalue weighted by Crippen LogP contribution is 2.35. The summed E-state index contributed by atoms with van der Waals surface area (Å²) in [5, 5.41) is 7.20. The first-order valence-electron chi connectivity index (χ1n) is 11.2. The van der Waals surface area contributed by atoms with Gasteiger partial charge in [0.25, 0.3) is 0 Å². The number of nitrogens with one attached hydrogen (secondary N) is 2. The summed E-state index contributed by atoms with van der Waals surface area (Å²) in [6.45, 7) is 7.92. The molecule has 2 saturated heterocycles. The number of guanidine groups is 1. The Morgan fingerprint density at radius 2 is 1.97 bits per heavy atom. The van der Waals surface area contributed by atoms with Gasteiger partial charge in [-0.05, 0) is 50.6 Å². The minimum Gasteiger partial charge on any atom is -0.496 e. The zero-order valence-electron chi connectivity index (χ0n) is 18.8. The topological polar surface area (TPSA) is 58.1 Å². The Labute approximate surface area is 186 Å². The van der Waals surface area contributed by atoms with Gasteiger partial charge in [-0.3, -0.25) is 9.89 Å². The van der Waals surface area contributed by atoms with Crippen LogP contribution in [0.1, 0.15) is 44.2 Å². The van der Waals surface area contributed by atoms with Gasteiger partial charge in [-0.15, -0.1) is 0 Å². The molecule has 1 atom stereocenters. The zero-order valence-corrected chi connectivity index (χ0v) is 19.6. The van der Waals surface area contributed by atoms with Gasteiger partial charge in [0.15, 0.2) is 5.96 Å². The van der Waals surface area contributed by atoms with E-state index in [-0.39, 0.29) is 10.8 Å². The fourth-order valence-corrected chi connectivity index (χ4v) is 5.75. The molecule has 2 aliphatic rings. The minimum atomic E-state index is 0.238. The second kappa shape index (κ2) is 11.8. The molecule has 0 bridgehead atoms. The van der Waals surface area contributed by atoms with E-state index in [0.29, 0.717) is 0 Å². The smallest absolute Gasteiger partial charge is 0.191 e. The first kappa shape index (κ1) is 23.2. The van der Waals surface area contributed by atoms with Crippen LogP contribution in [0.4, 0.5) is 0 Å². The fourth-order valence-electron chi connectivity index (χ4n) is 4.51. The lowest BCUT2D eigenvalue weighted by Crippen LogP contribution is -2.49. The maximum absolute atomic E-state index is 5.67. The van der Waals surface area contributed by atoms with Crippen molar-refractivity contribution in [3.63, 3.8) is 0 Å². The predicted molar refractivity (Wildman–Crippen MR) is 127 cm³/mol. The molecule has 30 heavy (non-hydrogen) atoms. The van der Waals surface area contributed by atoms with Crippen LogP contribution in [-0.4, -0.2) is 74.9 Å². The van der Waals surface area contributed by atoms with Crippen molar-refractivity contribution in [2.75, 3.05) is 59.3 Å². The summed E-state index contributed by atoms with van der Waals surface area (Å²) in [5.74, 6) is 2.95. The average Bonchev–Trinajstić information content (AvgIpc) is 3.32. The number of methoxy groups -OCH3 is 1. The number of hydrogen-bond donors (Lipinski definition) is 2. The van der Waals surface area contributed by atoms with E-state index in [1.54, 1.807) is 7.11 Å². The molecule has 7 heteroatoms. The van der Waals surface area contributed by atoms with Crippen LogP contribution in [-0.2, 0) is 4.74 Å². The second-order valence-electron chi connectivity index (χ2n) is 8.04. The molecule has 1 aromatic rings. The van der Waals surface area contributed by atoms with Crippen molar-refractivity contribution in [2.24, 2.45) is 4.99 Å². The maximum atomic E-state index is 5.67. The Kier molecular flexibility index (Phi) is 9.15. The Bertz CT molecular complexity index is 667. The van der Waals surface area contributed by atoms with Crippen molar-refractivity contribution in [2.45, 2.75) is 43.4 Å². The summed E-state index contributed by atoms with van der Waals surface area (Å²) in [6, 6.07) is 8.65. The predicted octanol–water partition coefficient (Wildman–Crippen LogP) is 3.30. The SMILES string of the molecule is CCSC1(CNC(=NC)NCC(c2ccccc2OC)N2CCCC2)CCOCC1. The van der Waals surface area contributed by atoms with Crippen LogP contribution in [0.2, 0.25) is 0 Å². The van der Waals surface area contributed by atoms with Crippen LogP contribution in [0.3, 0.4) is 0 Å². The summed E-state index contributed by atoms with van der Waals surface area (Å²) in [5.41, 5.74) is 1.24. The highest BCUT2D eigenvalue weighted by Gasteiger charge is 2.33. The minimum absolute atomic E-state index is 0.238. The van der Waals surface area contributed by atoms with Crippen LogP contribution in [0, 0.1) is 0 Å². The van der Waals surface area contributed by atoms with E-state index in [0.717, 1.165) is 69.7 Å².